The van der Waals surface area contributed by atoms with Crippen LogP contribution in [0.4, 0.5) is 4.79 Å². The molecule has 0 aromatic heterocycles. The average Bonchev–Trinajstić information content (AvgIpc) is 3.26. The van der Waals surface area contributed by atoms with E-state index in [1.807, 2.05) is 36.0 Å². The summed E-state index contributed by atoms with van der Waals surface area (Å²) in [6.45, 7) is 1.29. The Bertz CT molecular complexity index is 502. The molecule has 4 nitrogen and oxygen atoms in total. The topological polar surface area (TPSA) is 50.4 Å². The highest BCUT2D eigenvalue weighted by Crippen LogP contribution is 2.46. The second kappa shape index (κ2) is 5.56. The number of benzene rings is 1. The van der Waals surface area contributed by atoms with Crippen LogP contribution in [0, 0.1) is 0 Å². The second-order valence-electron chi connectivity index (χ2n) is 5.53. The molecule has 1 aliphatic heterocycles. The minimum Gasteiger partial charge on any atom is -0.491 e. The molecule has 0 saturated heterocycles. The van der Waals surface area contributed by atoms with Crippen LogP contribution < -0.4 is 15.4 Å². The number of ether oxygens (including phenoxy) is 1. The van der Waals surface area contributed by atoms with Gasteiger partial charge in [0.1, 0.15) is 12.4 Å². The Balaban J connectivity index is 1.48. The zero-order valence-electron chi connectivity index (χ0n) is 11.6. The molecule has 1 fully saturated rings. The van der Waals surface area contributed by atoms with Gasteiger partial charge in [-0.3, -0.25) is 0 Å². The van der Waals surface area contributed by atoms with Gasteiger partial charge in [-0.2, -0.15) is 11.8 Å². The van der Waals surface area contributed by atoms with E-state index < -0.39 is 0 Å². The molecular formula is C15H20N2O2S. The lowest BCUT2D eigenvalue weighted by atomic mass is 10.0. The van der Waals surface area contributed by atoms with Gasteiger partial charge in [0.2, 0.25) is 0 Å². The first-order valence-corrected chi connectivity index (χ1v) is 8.23. The summed E-state index contributed by atoms with van der Waals surface area (Å²) < 4.78 is 5.97. The molecule has 1 atom stereocenters. The molecule has 1 aliphatic carbocycles. The summed E-state index contributed by atoms with van der Waals surface area (Å²) >= 11 is 1.85. The van der Waals surface area contributed by atoms with Crippen molar-refractivity contribution in [1.29, 1.82) is 0 Å². The van der Waals surface area contributed by atoms with Gasteiger partial charge < -0.3 is 15.4 Å². The number of hydrogen-bond donors (Lipinski definition) is 2. The van der Waals surface area contributed by atoms with Crippen LogP contribution in [-0.4, -0.2) is 36.2 Å². The largest absolute Gasteiger partial charge is 0.491 e. The standard InChI is InChI=1S/C15H20N2O2S/c1-20-15(6-7-15)10-16-14(18)17-12-8-11-4-2-3-5-13(11)19-9-12/h2-5,12H,6-10H2,1H3,(H2,16,17,18)/t12-/m0/s1. The monoisotopic (exact) mass is 292 g/mol. The van der Waals surface area contributed by atoms with E-state index in [-0.39, 0.29) is 12.1 Å². The molecule has 1 aromatic rings. The molecule has 108 valence electrons. The van der Waals surface area contributed by atoms with Crippen molar-refractivity contribution >= 4 is 17.8 Å². The summed E-state index contributed by atoms with van der Waals surface area (Å²) in [6.07, 6.45) is 5.35. The Kier molecular flexibility index (Phi) is 3.78. The van der Waals surface area contributed by atoms with Crippen molar-refractivity contribution in [3.63, 3.8) is 0 Å². The highest BCUT2D eigenvalue weighted by Gasteiger charge is 2.42. The van der Waals surface area contributed by atoms with Gasteiger partial charge in [0.05, 0.1) is 6.04 Å². The normalized spacial score (nSPS) is 22.4. The van der Waals surface area contributed by atoms with E-state index in [0.29, 0.717) is 11.4 Å². The van der Waals surface area contributed by atoms with E-state index in [9.17, 15) is 4.79 Å². The highest BCUT2D eigenvalue weighted by molar-refractivity contribution is 8.00. The smallest absolute Gasteiger partial charge is 0.315 e. The third-order valence-electron chi connectivity index (χ3n) is 4.03. The zero-order chi connectivity index (χ0) is 14.0. The van der Waals surface area contributed by atoms with Crippen molar-refractivity contribution < 1.29 is 9.53 Å². The average molecular weight is 292 g/mol. The molecule has 3 rings (SSSR count). The fourth-order valence-electron chi connectivity index (χ4n) is 2.49. The van der Waals surface area contributed by atoms with Crippen molar-refractivity contribution in [3.8, 4) is 5.75 Å². The number of amides is 2. The number of urea groups is 1. The van der Waals surface area contributed by atoms with E-state index in [4.69, 9.17) is 4.74 Å². The maximum Gasteiger partial charge on any atom is 0.315 e. The lowest BCUT2D eigenvalue weighted by molar-refractivity contribution is 0.214. The lowest BCUT2D eigenvalue weighted by Gasteiger charge is -2.26. The Morgan fingerprint density at radius 2 is 2.25 bits per heavy atom. The molecule has 2 aliphatic rings. The van der Waals surface area contributed by atoms with Crippen molar-refractivity contribution in [1.82, 2.24) is 10.6 Å². The number of para-hydroxylation sites is 1. The number of hydrogen-bond acceptors (Lipinski definition) is 3. The minimum absolute atomic E-state index is 0.0503. The Hall–Kier alpha value is -1.36. The Morgan fingerprint density at radius 1 is 1.45 bits per heavy atom. The van der Waals surface area contributed by atoms with E-state index in [1.54, 1.807) is 0 Å². The number of nitrogens with one attached hydrogen (secondary N) is 2. The Morgan fingerprint density at radius 3 is 3.00 bits per heavy atom. The SMILES string of the molecule is CSC1(CNC(=O)N[C@@H]2COc3ccccc3C2)CC1. The summed E-state index contributed by atoms with van der Waals surface area (Å²) in [7, 11) is 0. The van der Waals surface area contributed by atoms with Gasteiger partial charge in [0, 0.05) is 11.3 Å². The van der Waals surface area contributed by atoms with Crippen LogP contribution in [0.3, 0.4) is 0 Å². The maximum absolute atomic E-state index is 11.9. The van der Waals surface area contributed by atoms with Crippen LogP contribution in [0.2, 0.25) is 0 Å². The van der Waals surface area contributed by atoms with E-state index in [1.165, 1.54) is 12.8 Å². The number of rotatable bonds is 4. The number of fused-ring (bicyclic) bond motifs is 1. The molecule has 20 heavy (non-hydrogen) atoms. The minimum atomic E-state index is -0.0849. The van der Waals surface area contributed by atoms with Crippen LogP contribution in [0.15, 0.2) is 24.3 Å². The molecule has 1 heterocycles. The van der Waals surface area contributed by atoms with E-state index >= 15 is 0 Å². The lowest BCUT2D eigenvalue weighted by Crippen LogP contribution is -2.48. The van der Waals surface area contributed by atoms with Gasteiger partial charge in [-0.05, 0) is 37.1 Å². The molecule has 0 unspecified atom stereocenters. The summed E-state index contributed by atoms with van der Waals surface area (Å²) in [5.41, 5.74) is 1.16. The van der Waals surface area contributed by atoms with Gasteiger partial charge in [0.25, 0.3) is 0 Å². The number of carbonyl (C=O) groups excluding carboxylic acids is 1. The van der Waals surface area contributed by atoms with Crippen molar-refractivity contribution in [2.24, 2.45) is 0 Å². The van der Waals surface area contributed by atoms with E-state index in [2.05, 4.69) is 16.9 Å². The molecule has 0 bridgehead atoms. The van der Waals surface area contributed by atoms with Crippen LogP contribution in [-0.2, 0) is 6.42 Å². The predicted molar refractivity (Wildman–Crippen MR) is 81.4 cm³/mol. The molecule has 1 saturated carbocycles. The predicted octanol–water partition coefficient (Wildman–Crippen LogP) is 2.18. The summed E-state index contributed by atoms with van der Waals surface area (Å²) in [5, 5.41) is 5.98. The summed E-state index contributed by atoms with van der Waals surface area (Å²) in [5.74, 6) is 0.935. The second-order valence-corrected chi connectivity index (χ2v) is 6.81. The summed E-state index contributed by atoms with van der Waals surface area (Å²) in [6, 6.07) is 7.96. The van der Waals surface area contributed by atoms with Crippen LogP contribution in [0.1, 0.15) is 18.4 Å². The van der Waals surface area contributed by atoms with Gasteiger partial charge in [0.15, 0.2) is 0 Å². The molecule has 2 amide bonds. The fourth-order valence-corrected chi connectivity index (χ4v) is 3.22. The van der Waals surface area contributed by atoms with Crippen LogP contribution in [0.5, 0.6) is 5.75 Å². The summed E-state index contributed by atoms with van der Waals surface area (Å²) in [4.78, 5) is 11.9. The van der Waals surface area contributed by atoms with E-state index in [0.717, 1.165) is 24.3 Å². The van der Waals surface area contributed by atoms with Crippen molar-refractivity contribution in [2.75, 3.05) is 19.4 Å². The van der Waals surface area contributed by atoms with Crippen LogP contribution in [0.25, 0.3) is 0 Å². The number of thioether (sulfide) groups is 1. The van der Waals surface area contributed by atoms with Crippen LogP contribution >= 0.6 is 11.8 Å². The van der Waals surface area contributed by atoms with Crippen molar-refractivity contribution in [3.05, 3.63) is 29.8 Å². The third kappa shape index (κ3) is 3.03. The molecule has 2 N–H and O–H groups in total. The first kappa shape index (κ1) is 13.6. The first-order chi connectivity index (χ1) is 9.71. The highest BCUT2D eigenvalue weighted by atomic mass is 32.2. The van der Waals surface area contributed by atoms with Gasteiger partial charge >= 0.3 is 6.03 Å². The van der Waals surface area contributed by atoms with Gasteiger partial charge in [-0.15, -0.1) is 0 Å². The quantitative estimate of drug-likeness (QED) is 0.894. The third-order valence-corrected chi connectivity index (χ3v) is 5.44. The van der Waals surface area contributed by atoms with Crippen molar-refractivity contribution in [2.45, 2.75) is 30.1 Å². The maximum atomic E-state index is 11.9. The fraction of sp³-hybridized carbons (Fsp3) is 0.533. The first-order valence-electron chi connectivity index (χ1n) is 7.01. The molecule has 5 heteroatoms. The molecule has 1 aromatic carbocycles. The molecular weight excluding hydrogens is 272 g/mol. The zero-order valence-corrected chi connectivity index (χ0v) is 12.5. The Labute approximate surface area is 123 Å². The molecule has 0 radical (unpaired) electrons. The van der Waals surface area contributed by atoms with Gasteiger partial charge in [-0.25, -0.2) is 4.79 Å². The molecule has 0 spiro atoms. The number of carbonyl (C=O) groups is 1. The van der Waals surface area contributed by atoms with Gasteiger partial charge in [-0.1, -0.05) is 18.2 Å².